The van der Waals surface area contributed by atoms with Crippen molar-refractivity contribution in [3.8, 4) is 0 Å². The van der Waals surface area contributed by atoms with Crippen LogP contribution in [-0.4, -0.2) is 49.6 Å². The van der Waals surface area contributed by atoms with E-state index in [1.165, 1.54) is 13.0 Å². The first-order valence-electron chi connectivity index (χ1n) is 6.05. The Kier molecular flexibility index (Phi) is 8.94. The molecule has 0 atom stereocenters. The number of hydrogen-bond acceptors (Lipinski definition) is 2. The van der Waals surface area contributed by atoms with Crippen molar-refractivity contribution in [3.05, 3.63) is 0 Å². The monoisotopic (exact) mass is 294 g/mol. The zero-order valence-corrected chi connectivity index (χ0v) is 12.4. The average Bonchev–Trinajstić information content (AvgIpc) is 2.17. The molecule has 3 nitrogen and oxygen atoms in total. The van der Waals surface area contributed by atoms with E-state index in [2.05, 4.69) is 30.0 Å². The highest BCUT2D eigenvalue weighted by molar-refractivity contribution is 9.09. The quantitative estimate of drug-likeness (QED) is 0.283. The Morgan fingerprint density at radius 3 is 2.44 bits per heavy atom. The van der Waals surface area contributed by atoms with Gasteiger partial charge in [0.1, 0.15) is 0 Å². The van der Waals surface area contributed by atoms with Crippen molar-refractivity contribution in [2.45, 2.75) is 32.6 Å². The Balaban J connectivity index is 3.42. The predicted molar refractivity (Wildman–Crippen MR) is 70.7 cm³/mol. The lowest BCUT2D eigenvalue weighted by atomic mass is 10.2. The van der Waals surface area contributed by atoms with Crippen LogP contribution >= 0.6 is 15.9 Å². The molecule has 0 aliphatic carbocycles. The first-order valence-corrected chi connectivity index (χ1v) is 7.17. The minimum atomic E-state index is -0.0586. The van der Waals surface area contributed by atoms with Crippen LogP contribution in [-0.2, 0) is 9.53 Å². The molecule has 0 N–H and O–H groups in total. The predicted octanol–water partition coefficient (Wildman–Crippen LogP) is 2.58. The normalized spacial score (nSPS) is 11.5. The maximum atomic E-state index is 11.1. The third kappa shape index (κ3) is 9.16. The number of nitrogens with zero attached hydrogens (tertiary/aromatic N) is 1. The second kappa shape index (κ2) is 8.99. The number of rotatable bonds is 9. The van der Waals surface area contributed by atoms with Crippen LogP contribution < -0.4 is 0 Å². The fourth-order valence-electron chi connectivity index (χ4n) is 1.56. The molecule has 0 aromatic heterocycles. The molecule has 0 aliphatic rings. The molecule has 96 valence electrons. The van der Waals surface area contributed by atoms with Gasteiger partial charge in [-0.05, 0) is 26.2 Å². The number of ether oxygens (including phenoxy) is 1. The van der Waals surface area contributed by atoms with Crippen LogP contribution in [0.5, 0.6) is 0 Å². The van der Waals surface area contributed by atoms with Gasteiger partial charge in [-0.15, -0.1) is 0 Å². The van der Waals surface area contributed by atoms with Crippen molar-refractivity contribution in [1.29, 1.82) is 0 Å². The van der Waals surface area contributed by atoms with Gasteiger partial charge in [-0.3, -0.25) is 4.79 Å². The molecule has 0 heterocycles. The van der Waals surface area contributed by atoms with Crippen molar-refractivity contribution in [2.24, 2.45) is 0 Å². The largest absolute Gasteiger partial charge is 0.466 e. The third-order valence-corrected chi connectivity index (χ3v) is 2.99. The van der Waals surface area contributed by atoms with Crippen LogP contribution in [0.4, 0.5) is 0 Å². The molecule has 0 saturated heterocycles. The zero-order valence-electron chi connectivity index (χ0n) is 10.8. The first kappa shape index (κ1) is 15.9. The Morgan fingerprint density at radius 1 is 1.19 bits per heavy atom. The molecule has 0 amide bonds. The van der Waals surface area contributed by atoms with Gasteiger partial charge in [-0.1, -0.05) is 15.9 Å². The summed E-state index contributed by atoms with van der Waals surface area (Å²) in [6.45, 7) is 4.67. The molecule has 0 radical (unpaired) electrons. The zero-order chi connectivity index (χ0) is 12.4. The molecule has 0 unspecified atom stereocenters. The summed E-state index contributed by atoms with van der Waals surface area (Å²) in [5.74, 6) is -0.0586. The van der Waals surface area contributed by atoms with E-state index in [9.17, 15) is 4.79 Å². The molecular weight excluding hydrogens is 270 g/mol. The highest BCUT2D eigenvalue weighted by atomic mass is 79.9. The summed E-state index contributed by atoms with van der Waals surface area (Å²) in [4.78, 5) is 11.1. The number of hydrogen-bond donors (Lipinski definition) is 0. The summed E-state index contributed by atoms with van der Waals surface area (Å²) in [6, 6.07) is 0. The van der Waals surface area contributed by atoms with Gasteiger partial charge in [0.05, 0.1) is 39.1 Å². The van der Waals surface area contributed by atoms with Gasteiger partial charge in [-0.2, -0.15) is 0 Å². The van der Waals surface area contributed by atoms with Crippen molar-refractivity contribution in [3.63, 3.8) is 0 Å². The minimum absolute atomic E-state index is 0.0586. The third-order valence-electron chi connectivity index (χ3n) is 2.64. The van der Waals surface area contributed by atoms with Crippen LogP contribution in [0, 0.1) is 0 Å². The molecule has 4 heteroatoms. The molecule has 0 fully saturated rings. The van der Waals surface area contributed by atoms with E-state index >= 15 is 0 Å². The molecule has 0 aliphatic heterocycles. The summed E-state index contributed by atoms with van der Waals surface area (Å²) >= 11 is 3.47. The molecule has 0 spiro atoms. The van der Waals surface area contributed by atoms with E-state index in [-0.39, 0.29) is 5.97 Å². The molecule has 0 aromatic rings. The summed E-state index contributed by atoms with van der Waals surface area (Å²) < 4.78 is 5.93. The van der Waals surface area contributed by atoms with E-state index in [1.807, 2.05) is 6.92 Å². The van der Waals surface area contributed by atoms with Crippen LogP contribution in [0.2, 0.25) is 0 Å². The molecule has 16 heavy (non-hydrogen) atoms. The van der Waals surface area contributed by atoms with Crippen molar-refractivity contribution in [1.82, 2.24) is 0 Å². The van der Waals surface area contributed by atoms with Gasteiger partial charge in [0, 0.05) is 6.42 Å². The minimum Gasteiger partial charge on any atom is -0.466 e. The van der Waals surface area contributed by atoms with Crippen LogP contribution in [0.25, 0.3) is 0 Å². The van der Waals surface area contributed by atoms with Crippen molar-refractivity contribution < 1.29 is 14.0 Å². The smallest absolute Gasteiger partial charge is 0.305 e. The lowest BCUT2D eigenvalue weighted by Crippen LogP contribution is -2.41. The van der Waals surface area contributed by atoms with E-state index in [0.29, 0.717) is 13.0 Å². The first-order chi connectivity index (χ1) is 7.52. The van der Waals surface area contributed by atoms with Gasteiger partial charge in [-0.25, -0.2) is 0 Å². The summed E-state index contributed by atoms with van der Waals surface area (Å²) in [5.41, 5.74) is 0. The van der Waals surface area contributed by atoms with Gasteiger partial charge in [0.15, 0.2) is 0 Å². The van der Waals surface area contributed by atoms with Gasteiger partial charge in [0.25, 0.3) is 0 Å². The number of alkyl halides is 1. The summed E-state index contributed by atoms with van der Waals surface area (Å²) in [6.07, 6.45) is 3.81. The Hall–Kier alpha value is -0.0900. The average molecular weight is 295 g/mol. The maximum absolute atomic E-state index is 11.1. The van der Waals surface area contributed by atoms with Crippen LogP contribution in [0.15, 0.2) is 0 Å². The van der Waals surface area contributed by atoms with Crippen LogP contribution in [0.3, 0.4) is 0 Å². The highest BCUT2D eigenvalue weighted by Gasteiger charge is 2.12. The molecule has 0 rings (SSSR count). The lowest BCUT2D eigenvalue weighted by Gasteiger charge is -2.28. The summed E-state index contributed by atoms with van der Waals surface area (Å²) in [7, 11) is 4.49. The Morgan fingerprint density at radius 2 is 1.88 bits per heavy atom. The SMILES string of the molecule is CCOC(=O)CCCCC[N+](C)(C)CCBr. The topological polar surface area (TPSA) is 26.3 Å². The Bertz CT molecular complexity index is 195. The maximum Gasteiger partial charge on any atom is 0.305 e. The molecule has 0 bridgehead atoms. The van der Waals surface area contributed by atoms with E-state index < -0.39 is 0 Å². The number of halogens is 1. The fraction of sp³-hybridized carbons (Fsp3) is 0.917. The van der Waals surface area contributed by atoms with E-state index in [0.717, 1.165) is 29.2 Å². The lowest BCUT2D eigenvalue weighted by molar-refractivity contribution is -0.887. The Labute approximate surface area is 108 Å². The number of carbonyl (C=O) groups is 1. The van der Waals surface area contributed by atoms with Gasteiger partial charge in [0.2, 0.25) is 0 Å². The fourth-order valence-corrected chi connectivity index (χ4v) is 2.52. The number of esters is 1. The van der Waals surface area contributed by atoms with E-state index in [1.54, 1.807) is 0 Å². The molecule has 0 saturated carbocycles. The van der Waals surface area contributed by atoms with E-state index in [4.69, 9.17) is 4.74 Å². The number of unbranched alkanes of at least 4 members (excludes halogenated alkanes) is 2. The summed E-state index contributed by atoms with van der Waals surface area (Å²) in [5, 5.41) is 1.04. The van der Waals surface area contributed by atoms with Crippen LogP contribution in [0.1, 0.15) is 32.6 Å². The molecule has 0 aromatic carbocycles. The second-order valence-corrected chi connectivity index (χ2v) is 5.48. The molecular formula is C12H25BrNO2+. The van der Waals surface area contributed by atoms with Crippen molar-refractivity contribution in [2.75, 3.05) is 39.1 Å². The highest BCUT2D eigenvalue weighted by Crippen LogP contribution is 2.06. The standard InChI is InChI=1S/C12H25BrNO2/c1-4-16-12(15)8-6-5-7-10-14(2,3)11-9-13/h4-11H2,1-3H3/q+1. The number of carbonyl (C=O) groups excluding carboxylic acids is 1. The van der Waals surface area contributed by atoms with Gasteiger partial charge < -0.3 is 9.22 Å². The number of quaternary nitrogens is 1. The van der Waals surface area contributed by atoms with Crippen molar-refractivity contribution >= 4 is 21.9 Å². The second-order valence-electron chi connectivity index (χ2n) is 4.69. The van der Waals surface area contributed by atoms with Gasteiger partial charge >= 0.3 is 5.97 Å².